The standard InChI is InChI=1S/C12H20N2O/c1-10(2)15-9-8-12(14-13)11-6-4-3-5-7-11/h3-7,10,12,14H,8-9,13H2,1-2H3/t12-/m0/s1. The van der Waals surface area contributed by atoms with Crippen LogP contribution in [0.25, 0.3) is 0 Å². The normalized spacial score (nSPS) is 13.1. The molecular weight excluding hydrogens is 188 g/mol. The Bertz CT molecular complexity index is 262. The highest BCUT2D eigenvalue weighted by molar-refractivity contribution is 5.18. The van der Waals surface area contributed by atoms with Gasteiger partial charge in [0.15, 0.2) is 0 Å². The predicted octanol–water partition coefficient (Wildman–Crippen LogP) is 2.01. The lowest BCUT2D eigenvalue weighted by Gasteiger charge is -2.17. The molecule has 0 saturated carbocycles. The fraction of sp³-hybridized carbons (Fsp3) is 0.500. The van der Waals surface area contributed by atoms with Crippen LogP contribution in [0.2, 0.25) is 0 Å². The van der Waals surface area contributed by atoms with Gasteiger partial charge in [0.2, 0.25) is 0 Å². The molecule has 0 unspecified atom stereocenters. The van der Waals surface area contributed by atoms with Gasteiger partial charge >= 0.3 is 0 Å². The van der Waals surface area contributed by atoms with Crippen molar-refractivity contribution in [3.05, 3.63) is 35.9 Å². The summed E-state index contributed by atoms with van der Waals surface area (Å²) in [4.78, 5) is 0. The summed E-state index contributed by atoms with van der Waals surface area (Å²) in [5, 5.41) is 0. The van der Waals surface area contributed by atoms with Gasteiger partial charge in [0.05, 0.1) is 6.10 Å². The Hall–Kier alpha value is -0.900. The summed E-state index contributed by atoms with van der Waals surface area (Å²) < 4.78 is 5.50. The summed E-state index contributed by atoms with van der Waals surface area (Å²) in [6.07, 6.45) is 1.16. The molecule has 0 fully saturated rings. The predicted molar refractivity (Wildman–Crippen MR) is 62.2 cm³/mol. The number of hydrazine groups is 1. The van der Waals surface area contributed by atoms with Gasteiger partial charge in [-0.3, -0.25) is 11.3 Å². The van der Waals surface area contributed by atoms with Crippen LogP contribution in [0, 0.1) is 0 Å². The number of rotatable bonds is 6. The molecule has 0 aromatic heterocycles. The van der Waals surface area contributed by atoms with Gasteiger partial charge in [0.25, 0.3) is 0 Å². The molecule has 0 bridgehead atoms. The van der Waals surface area contributed by atoms with Gasteiger partial charge < -0.3 is 4.74 Å². The summed E-state index contributed by atoms with van der Waals surface area (Å²) in [5.74, 6) is 5.52. The molecule has 15 heavy (non-hydrogen) atoms. The monoisotopic (exact) mass is 208 g/mol. The molecule has 1 atom stereocenters. The molecule has 84 valence electrons. The van der Waals surface area contributed by atoms with Crippen molar-refractivity contribution in [3.63, 3.8) is 0 Å². The first-order chi connectivity index (χ1) is 7.24. The Kier molecular flexibility index (Phi) is 5.32. The first-order valence-electron chi connectivity index (χ1n) is 5.36. The summed E-state index contributed by atoms with van der Waals surface area (Å²) in [5.41, 5.74) is 4.01. The van der Waals surface area contributed by atoms with Gasteiger partial charge in [-0.25, -0.2) is 0 Å². The van der Waals surface area contributed by atoms with Crippen molar-refractivity contribution in [2.24, 2.45) is 5.84 Å². The second-order valence-electron chi connectivity index (χ2n) is 3.84. The maximum absolute atomic E-state index is 5.52. The van der Waals surface area contributed by atoms with Crippen LogP contribution in [0.1, 0.15) is 31.9 Å². The Balaban J connectivity index is 2.43. The molecule has 0 saturated heterocycles. The van der Waals surface area contributed by atoms with Crippen LogP contribution in [0.4, 0.5) is 0 Å². The van der Waals surface area contributed by atoms with Crippen LogP contribution in [0.15, 0.2) is 30.3 Å². The molecule has 1 aromatic rings. The van der Waals surface area contributed by atoms with E-state index in [9.17, 15) is 0 Å². The highest BCUT2D eigenvalue weighted by Gasteiger charge is 2.08. The summed E-state index contributed by atoms with van der Waals surface area (Å²) in [6, 6.07) is 10.3. The molecule has 0 aliphatic carbocycles. The number of hydrogen-bond donors (Lipinski definition) is 2. The van der Waals surface area contributed by atoms with Crippen molar-refractivity contribution in [2.45, 2.75) is 32.4 Å². The van der Waals surface area contributed by atoms with Crippen LogP contribution in [-0.2, 0) is 4.74 Å². The van der Waals surface area contributed by atoms with Crippen LogP contribution < -0.4 is 11.3 Å². The second-order valence-corrected chi connectivity index (χ2v) is 3.84. The van der Waals surface area contributed by atoms with E-state index in [1.807, 2.05) is 32.0 Å². The molecule has 1 aromatic carbocycles. The Morgan fingerprint density at radius 3 is 2.47 bits per heavy atom. The number of nitrogens with one attached hydrogen (secondary N) is 1. The second kappa shape index (κ2) is 6.56. The SMILES string of the molecule is CC(C)OCC[C@H](NN)c1ccccc1. The molecule has 0 spiro atoms. The fourth-order valence-corrected chi connectivity index (χ4v) is 1.45. The third-order valence-corrected chi connectivity index (χ3v) is 2.26. The topological polar surface area (TPSA) is 47.3 Å². The van der Waals surface area contributed by atoms with Gasteiger partial charge in [-0.1, -0.05) is 30.3 Å². The van der Waals surface area contributed by atoms with Crippen molar-refractivity contribution >= 4 is 0 Å². The Labute approximate surface area is 91.6 Å². The zero-order valence-corrected chi connectivity index (χ0v) is 9.44. The number of benzene rings is 1. The Morgan fingerprint density at radius 1 is 1.27 bits per heavy atom. The van der Waals surface area contributed by atoms with E-state index < -0.39 is 0 Å². The first-order valence-corrected chi connectivity index (χ1v) is 5.36. The molecule has 0 aliphatic rings. The van der Waals surface area contributed by atoms with E-state index in [0.29, 0.717) is 0 Å². The van der Waals surface area contributed by atoms with E-state index in [2.05, 4.69) is 17.6 Å². The molecule has 3 N–H and O–H groups in total. The first kappa shape index (κ1) is 12.2. The van der Waals surface area contributed by atoms with Gasteiger partial charge in [-0.2, -0.15) is 0 Å². The van der Waals surface area contributed by atoms with E-state index >= 15 is 0 Å². The summed E-state index contributed by atoms with van der Waals surface area (Å²) >= 11 is 0. The molecule has 1 rings (SSSR count). The van der Waals surface area contributed by atoms with Crippen LogP contribution in [0.3, 0.4) is 0 Å². The van der Waals surface area contributed by atoms with E-state index in [4.69, 9.17) is 10.6 Å². The lowest BCUT2D eigenvalue weighted by molar-refractivity contribution is 0.0714. The summed E-state index contributed by atoms with van der Waals surface area (Å²) in [6.45, 7) is 4.79. The van der Waals surface area contributed by atoms with Crippen molar-refractivity contribution in [3.8, 4) is 0 Å². The molecule has 3 nitrogen and oxygen atoms in total. The molecule has 0 radical (unpaired) electrons. The van der Waals surface area contributed by atoms with E-state index in [0.717, 1.165) is 13.0 Å². The van der Waals surface area contributed by atoms with Crippen LogP contribution in [-0.4, -0.2) is 12.7 Å². The zero-order valence-electron chi connectivity index (χ0n) is 9.44. The quantitative estimate of drug-likeness (QED) is 0.555. The molecule has 0 amide bonds. The van der Waals surface area contributed by atoms with E-state index in [1.54, 1.807) is 0 Å². The smallest absolute Gasteiger partial charge is 0.0518 e. The van der Waals surface area contributed by atoms with Gasteiger partial charge in [0.1, 0.15) is 0 Å². The van der Waals surface area contributed by atoms with Crippen molar-refractivity contribution in [2.75, 3.05) is 6.61 Å². The fourth-order valence-electron chi connectivity index (χ4n) is 1.45. The van der Waals surface area contributed by atoms with Gasteiger partial charge in [0, 0.05) is 12.6 Å². The number of nitrogens with two attached hydrogens (primary N) is 1. The lowest BCUT2D eigenvalue weighted by Crippen LogP contribution is -2.29. The van der Waals surface area contributed by atoms with E-state index in [-0.39, 0.29) is 12.1 Å². The van der Waals surface area contributed by atoms with Crippen LogP contribution in [0.5, 0.6) is 0 Å². The number of ether oxygens (including phenoxy) is 1. The number of hydrogen-bond acceptors (Lipinski definition) is 3. The highest BCUT2D eigenvalue weighted by Crippen LogP contribution is 2.15. The van der Waals surface area contributed by atoms with Gasteiger partial charge in [-0.15, -0.1) is 0 Å². The van der Waals surface area contributed by atoms with Crippen LogP contribution >= 0.6 is 0 Å². The third kappa shape index (κ3) is 4.42. The average molecular weight is 208 g/mol. The molecular formula is C12H20N2O. The van der Waals surface area contributed by atoms with Crippen molar-refractivity contribution in [1.82, 2.24) is 5.43 Å². The van der Waals surface area contributed by atoms with Crippen molar-refractivity contribution < 1.29 is 4.74 Å². The summed E-state index contributed by atoms with van der Waals surface area (Å²) in [7, 11) is 0. The Morgan fingerprint density at radius 2 is 1.93 bits per heavy atom. The maximum atomic E-state index is 5.52. The largest absolute Gasteiger partial charge is 0.379 e. The van der Waals surface area contributed by atoms with Gasteiger partial charge in [-0.05, 0) is 25.8 Å². The highest BCUT2D eigenvalue weighted by atomic mass is 16.5. The molecule has 3 heteroatoms. The molecule has 0 aliphatic heterocycles. The minimum atomic E-state index is 0.171. The third-order valence-electron chi connectivity index (χ3n) is 2.26. The average Bonchev–Trinajstić information content (AvgIpc) is 2.25. The van der Waals surface area contributed by atoms with Crippen molar-refractivity contribution in [1.29, 1.82) is 0 Å². The zero-order chi connectivity index (χ0) is 11.1. The lowest BCUT2D eigenvalue weighted by atomic mass is 10.1. The minimum Gasteiger partial charge on any atom is -0.379 e. The minimum absolute atomic E-state index is 0.171. The maximum Gasteiger partial charge on any atom is 0.0518 e. The molecule has 0 heterocycles. The van der Waals surface area contributed by atoms with E-state index in [1.165, 1.54) is 5.56 Å².